The van der Waals surface area contributed by atoms with Gasteiger partial charge in [0.15, 0.2) is 0 Å². The number of hydrogen-bond donors (Lipinski definition) is 1. The molecular formula is C18H29NO. The van der Waals surface area contributed by atoms with Crippen LogP contribution in [0.25, 0.3) is 0 Å². The molecule has 20 heavy (non-hydrogen) atoms. The average molecular weight is 275 g/mol. The van der Waals surface area contributed by atoms with Crippen molar-refractivity contribution in [1.82, 2.24) is 0 Å². The smallest absolute Gasteiger partial charge is 0.228 e. The minimum atomic E-state index is -0.467. The number of primary amides is 1. The normalized spacial score (nSPS) is 13.9. The molecule has 0 aromatic heterocycles. The summed E-state index contributed by atoms with van der Waals surface area (Å²) in [5.74, 6) is -0.159. The summed E-state index contributed by atoms with van der Waals surface area (Å²) < 4.78 is 0. The Balaban J connectivity index is 2.92. The Morgan fingerprint density at radius 3 is 2.10 bits per heavy atom. The first-order chi connectivity index (χ1) is 9.67. The highest BCUT2D eigenvalue weighted by molar-refractivity contribution is 5.86. The number of carbonyl (C=O) groups excluding carboxylic acids is 1. The molecule has 0 spiro atoms. The molecule has 0 aliphatic rings. The van der Waals surface area contributed by atoms with E-state index < -0.39 is 5.41 Å². The van der Waals surface area contributed by atoms with Gasteiger partial charge in [0.05, 0.1) is 5.41 Å². The van der Waals surface area contributed by atoms with E-state index in [1.807, 2.05) is 18.2 Å². The quantitative estimate of drug-likeness (QED) is 0.624. The van der Waals surface area contributed by atoms with E-state index >= 15 is 0 Å². The summed E-state index contributed by atoms with van der Waals surface area (Å²) in [5, 5.41) is 0. The third-order valence-corrected chi connectivity index (χ3v) is 4.21. The zero-order chi connectivity index (χ0) is 14.8. The highest BCUT2D eigenvalue weighted by Crippen LogP contribution is 2.35. The number of unbranched alkanes of at least 4 members (excludes halogenated alkanes) is 4. The Kier molecular flexibility index (Phi) is 7.35. The van der Waals surface area contributed by atoms with Gasteiger partial charge in [-0.15, -0.1) is 0 Å². The topological polar surface area (TPSA) is 43.1 Å². The Morgan fingerprint density at radius 1 is 0.950 bits per heavy atom. The summed E-state index contributed by atoms with van der Waals surface area (Å²) in [5.41, 5.74) is 6.45. The molecule has 1 amide bonds. The third-order valence-electron chi connectivity index (χ3n) is 4.21. The van der Waals surface area contributed by atoms with Gasteiger partial charge in [-0.25, -0.2) is 0 Å². The average Bonchev–Trinajstić information content (AvgIpc) is 2.47. The molecule has 0 fully saturated rings. The van der Waals surface area contributed by atoms with Gasteiger partial charge in [-0.1, -0.05) is 82.7 Å². The molecule has 1 unspecified atom stereocenters. The van der Waals surface area contributed by atoms with E-state index in [9.17, 15) is 4.79 Å². The highest BCUT2D eigenvalue weighted by Gasteiger charge is 2.36. The van der Waals surface area contributed by atoms with E-state index in [2.05, 4.69) is 26.0 Å². The molecule has 2 N–H and O–H groups in total. The van der Waals surface area contributed by atoms with Crippen LogP contribution in [0.5, 0.6) is 0 Å². The lowest BCUT2D eigenvalue weighted by molar-refractivity contribution is -0.124. The van der Waals surface area contributed by atoms with Crippen LogP contribution in [0.1, 0.15) is 70.8 Å². The summed E-state index contributed by atoms with van der Waals surface area (Å²) in [6.07, 6.45) is 8.60. The van der Waals surface area contributed by atoms with E-state index in [1.54, 1.807) is 0 Å². The third kappa shape index (κ3) is 4.36. The minimum Gasteiger partial charge on any atom is -0.369 e. The van der Waals surface area contributed by atoms with Gasteiger partial charge in [0.2, 0.25) is 5.91 Å². The summed E-state index contributed by atoms with van der Waals surface area (Å²) in [7, 11) is 0. The van der Waals surface area contributed by atoms with E-state index in [0.717, 1.165) is 37.7 Å². The second kappa shape index (κ2) is 8.78. The molecule has 0 bridgehead atoms. The van der Waals surface area contributed by atoms with Gasteiger partial charge < -0.3 is 5.73 Å². The highest BCUT2D eigenvalue weighted by atomic mass is 16.1. The van der Waals surface area contributed by atoms with Crippen molar-refractivity contribution < 1.29 is 4.79 Å². The summed E-state index contributed by atoms with van der Waals surface area (Å²) in [4.78, 5) is 12.2. The lowest BCUT2D eigenvalue weighted by Crippen LogP contribution is -2.41. The van der Waals surface area contributed by atoms with Crippen molar-refractivity contribution in [2.45, 2.75) is 70.6 Å². The van der Waals surface area contributed by atoms with Gasteiger partial charge in [-0.2, -0.15) is 0 Å². The maximum atomic E-state index is 12.2. The predicted octanol–water partition coefficient (Wildman–Crippen LogP) is 4.57. The Hall–Kier alpha value is -1.31. The van der Waals surface area contributed by atoms with Crippen molar-refractivity contribution in [1.29, 1.82) is 0 Å². The molecule has 1 rings (SSSR count). The molecule has 0 radical (unpaired) electrons. The first-order valence-corrected chi connectivity index (χ1v) is 8.02. The molecule has 0 aliphatic carbocycles. The van der Waals surface area contributed by atoms with Gasteiger partial charge >= 0.3 is 0 Å². The maximum Gasteiger partial charge on any atom is 0.228 e. The number of carbonyl (C=O) groups is 1. The van der Waals surface area contributed by atoms with Gasteiger partial charge in [0.1, 0.15) is 0 Å². The van der Waals surface area contributed by atoms with Crippen molar-refractivity contribution in [3.05, 3.63) is 35.9 Å². The number of benzene rings is 1. The van der Waals surface area contributed by atoms with Crippen LogP contribution in [0.15, 0.2) is 30.3 Å². The summed E-state index contributed by atoms with van der Waals surface area (Å²) in [6.45, 7) is 4.36. The van der Waals surface area contributed by atoms with Crippen LogP contribution in [-0.4, -0.2) is 5.91 Å². The second-order valence-corrected chi connectivity index (χ2v) is 5.73. The van der Waals surface area contributed by atoms with Gasteiger partial charge in [0, 0.05) is 0 Å². The second-order valence-electron chi connectivity index (χ2n) is 5.73. The van der Waals surface area contributed by atoms with Crippen LogP contribution in [0.3, 0.4) is 0 Å². The lowest BCUT2D eigenvalue weighted by Gasteiger charge is -2.31. The zero-order valence-electron chi connectivity index (χ0n) is 13.0. The molecule has 2 nitrogen and oxygen atoms in total. The molecule has 1 aromatic carbocycles. The number of rotatable bonds is 10. The van der Waals surface area contributed by atoms with Gasteiger partial charge in [-0.05, 0) is 18.4 Å². The first-order valence-electron chi connectivity index (χ1n) is 8.02. The van der Waals surface area contributed by atoms with Gasteiger partial charge in [0.25, 0.3) is 0 Å². The van der Waals surface area contributed by atoms with E-state index in [0.29, 0.717) is 0 Å². The Morgan fingerprint density at radius 2 is 1.55 bits per heavy atom. The monoisotopic (exact) mass is 275 g/mol. The molecule has 2 heteroatoms. The Bertz CT molecular complexity index is 388. The molecule has 112 valence electrons. The predicted molar refractivity (Wildman–Crippen MR) is 85.6 cm³/mol. The van der Waals surface area contributed by atoms with Crippen LogP contribution < -0.4 is 5.73 Å². The molecule has 0 saturated carbocycles. The molecule has 0 saturated heterocycles. The van der Waals surface area contributed by atoms with Crippen LogP contribution in [0, 0.1) is 0 Å². The molecule has 0 heterocycles. The van der Waals surface area contributed by atoms with Crippen molar-refractivity contribution in [3.8, 4) is 0 Å². The van der Waals surface area contributed by atoms with Crippen LogP contribution in [0.4, 0.5) is 0 Å². The Labute approximate surface area is 123 Å². The van der Waals surface area contributed by atoms with Crippen LogP contribution in [-0.2, 0) is 10.2 Å². The largest absolute Gasteiger partial charge is 0.369 e. The number of nitrogens with two attached hydrogens (primary N) is 1. The first kappa shape index (κ1) is 16.7. The standard InChI is InChI=1S/C18H29NO/c1-3-5-7-11-15-18(17(19)20,14-6-4-2)16-12-9-8-10-13-16/h8-10,12-13H,3-7,11,14-15H2,1-2H3,(H2,19,20). The molecule has 1 aromatic rings. The van der Waals surface area contributed by atoms with Crippen molar-refractivity contribution in [2.75, 3.05) is 0 Å². The SMILES string of the molecule is CCCCCCC(CCCC)(C(N)=O)c1ccccc1. The van der Waals surface area contributed by atoms with E-state index in [1.165, 1.54) is 19.3 Å². The zero-order valence-corrected chi connectivity index (χ0v) is 13.0. The maximum absolute atomic E-state index is 12.2. The van der Waals surface area contributed by atoms with Crippen molar-refractivity contribution in [2.24, 2.45) is 5.73 Å². The molecule has 0 aliphatic heterocycles. The number of hydrogen-bond acceptors (Lipinski definition) is 1. The number of amides is 1. The van der Waals surface area contributed by atoms with Gasteiger partial charge in [-0.3, -0.25) is 4.79 Å². The molecule has 1 atom stereocenters. The minimum absolute atomic E-state index is 0.159. The van der Waals surface area contributed by atoms with Crippen LogP contribution in [0.2, 0.25) is 0 Å². The molecular weight excluding hydrogens is 246 g/mol. The van der Waals surface area contributed by atoms with Crippen molar-refractivity contribution in [3.63, 3.8) is 0 Å². The van der Waals surface area contributed by atoms with E-state index in [-0.39, 0.29) is 5.91 Å². The van der Waals surface area contributed by atoms with Crippen molar-refractivity contribution >= 4 is 5.91 Å². The fraction of sp³-hybridized carbons (Fsp3) is 0.611. The fourth-order valence-corrected chi connectivity index (χ4v) is 2.89. The van der Waals surface area contributed by atoms with E-state index in [4.69, 9.17) is 5.73 Å². The summed E-state index contributed by atoms with van der Waals surface area (Å²) in [6, 6.07) is 10.1. The lowest BCUT2D eigenvalue weighted by atomic mass is 9.72. The summed E-state index contributed by atoms with van der Waals surface area (Å²) >= 11 is 0. The van der Waals surface area contributed by atoms with Crippen LogP contribution >= 0.6 is 0 Å². The fourth-order valence-electron chi connectivity index (χ4n) is 2.89.